The molecule has 0 saturated carbocycles. The molecule has 0 spiro atoms. The molecule has 0 saturated heterocycles. The summed E-state index contributed by atoms with van der Waals surface area (Å²) in [6, 6.07) is 8.04. The molecule has 1 aromatic heterocycles. The first-order valence-corrected chi connectivity index (χ1v) is 11.1. The van der Waals surface area contributed by atoms with Gasteiger partial charge in [-0.3, -0.25) is 4.31 Å². The summed E-state index contributed by atoms with van der Waals surface area (Å²) < 4.78 is 8.30. The lowest BCUT2D eigenvalue weighted by Crippen LogP contribution is -2.19. The molecule has 1 N–H and O–H groups in total. The van der Waals surface area contributed by atoms with Gasteiger partial charge in [-0.2, -0.15) is 0 Å². The van der Waals surface area contributed by atoms with Gasteiger partial charge in [0.1, 0.15) is 11.5 Å². The largest absolute Gasteiger partial charge is 0.456 e. The fraction of sp³-hybridized carbons (Fsp3) is 0.417. The number of unbranched alkanes of at least 4 members (excludes halogenated alkanes) is 1. The average molecular weight is 429 g/mol. The number of hydrogen-bond acceptors (Lipinski definition) is 5. The molecule has 0 radical (unpaired) electrons. The Balaban J connectivity index is 2.31. The van der Waals surface area contributed by atoms with Gasteiger partial charge in [-0.25, -0.2) is 0 Å². The molecule has 6 heteroatoms. The van der Waals surface area contributed by atoms with E-state index in [9.17, 15) is 0 Å². The zero-order valence-electron chi connectivity index (χ0n) is 19.2. The second-order valence-corrected chi connectivity index (χ2v) is 9.26. The van der Waals surface area contributed by atoms with Gasteiger partial charge in [0.05, 0.1) is 4.91 Å². The molecule has 2 aromatic rings. The number of benzene rings is 1. The highest BCUT2D eigenvalue weighted by atomic mass is 32.2. The van der Waals surface area contributed by atoms with Crippen LogP contribution in [-0.4, -0.2) is 67.4 Å². The zero-order chi connectivity index (χ0) is 22.1. The normalized spacial score (nSPS) is 12.8. The topological polar surface area (TPSA) is 34.7 Å². The number of aromatic amines is 1. The minimum Gasteiger partial charge on any atom is -0.456 e. The van der Waals surface area contributed by atoms with E-state index in [1.54, 1.807) is 11.9 Å². The maximum Gasteiger partial charge on any atom is 0.136 e. The molecule has 30 heavy (non-hydrogen) atoms. The number of fused-ring (bicyclic) bond motifs is 1. The number of rotatable bonds is 12. The van der Waals surface area contributed by atoms with E-state index < -0.39 is 0 Å². The van der Waals surface area contributed by atoms with Crippen LogP contribution in [0.25, 0.3) is 10.9 Å². The predicted molar refractivity (Wildman–Crippen MR) is 132 cm³/mol. The Labute approximate surface area is 186 Å². The molecule has 0 aliphatic rings. The molecule has 0 amide bonds. The Morgan fingerprint density at radius 3 is 2.60 bits per heavy atom. The SMILES string of the molecule is C=C(Oc1cccc2[nH]ccc12)/C(=C\C(=C\N(C)CCCC)CN(C)C)SN(C)C. The van der Waals surface area contributed by atoms with Gasteiger partial charge in [0, 0.05) is 43.4 Å². The van der Waals surface area contributed by atoms with Crippen molar-refractivity contribution in [3.05, 3.63) is 65.6 Å². The Morgan fingerprint density at radius 1 is 1.17 bits per heavy atom. The lowest BCUT2D eigenvalue weighted by molar-refractivity contribution is 0.418. The first kappa shape index (κ1) is 24.1. The average Bonchev–Trinajstić information content (AvgIpc) is 3.14. The lowest BCUT2D eigenvalue weighted by atomic mass is 10.2. The molecule has 1 aromatic carbocycles. The van der Waals surface area contributed by atoms with Crippen molar-refractivity contribution in [2.45, 2.75) is 19.8 Å². The summed E-state index contributed by atoms with van der Waals surface area (Å²) in [5.74, 6) is 1.45. The summed E-state index contributed by atoms with van der Waals surface area (Å²) in [6.45, 7) is 8.36. The smallest absolute Gasteiger partial charge is 0.136 e. The number of ether oxygens (including phenoxy) is 1. The number of aromatic nitrogens is 1. The minimum atomic E-state index is 0.642. The first-order chi connectivity index (χ1) is 14.3. The van der Waals surface area contributed by atoms with Crippen LogP contribution in [0.3, 0.4) is 0 Å². The lowest BCUT2D eigenvalue weighted by Gasteiger charge is -2.20. The third kappa shape index (κ3) is 7.59. The molecule has 0 atom stereocenters. The fourth-order valence-electron chi connectivity index (χ4n) is 3.10. The molecule has 0 aliphatic heterocycles. The van der Waals surface area contributed by atoms with Crippen LogP contribution in [0, 0.1) is 0 Å². The summed E-state index contributed by atoms with van der Waals surface area (Å²) >= 11 is 1.62. The van der Waals surface area contributed by atoms with Crippen molar-refractivity contribution in [3.63, 3.8) is 0 Å². The highest BCUT2D eigenvalue weighted by molar-refractivity contribution is 8.01. The summed E-state index contributed by atoms with van der Waals surface area (Å²) in [5.41, 5.74) is 2.27. The van der Waals surface area contributed by atoms with Gasteiger partial charge in [-0.05, 0) is 76.4 Å². The number of nitrogens with zero attached hydrogens (tertiary/aromatic N) is 3. The highest BCUT2D eigenvalue weighted by Gasteiger charge is 2.13. The molecule has 5 nitrogen and oxygen atoms in total. The van der Waals surface area contributed by atoms with Crippen LogP contribution >= 0.6 is 11.9 Å². The van der Waals surface area contributed by atoms with Gasteiger partial charge < -0.3 is 19.5 Å². The van der Waals surface area contributed by atoms with E-state index in [1.165, 1.54) is 18.4 Å². The van der Waals surface area contributed by atoms with Gasteiger partial charge in [0.15, 0.2) is 0 Å². The molecule has 0 bridgehead atoms. The van der Waals surface area contributed by atoms with E-state index >= 15 is 0 Å². The number of likely N-dealkylation sites (N-methyl/N-ethyl adjacent to an activating group) is 1. The van der Waals surface area contributed by atoms with Crippen molar-refractivity contribution in [1.29, 1.82) is 0 Å². The zero-order valence-corrected chi connectivity index (χ0v) is 20.1. The second-order valence-electron chi connectivity index (χ2n) is 7.91. The fourth-order valence-corrected chi connectivity index (χ4v) is 3.84. The summed E-state index contributed by atoms with van der Waals surface area (Å²) in [5, 5.41) is 1.05. The minimum absolute atomic E-state index is 0.642. The van der Waals surface area contributed by atoms with Crippen molar-refractivity contribution < 1.29 is 4.74 Å². The predicted octanol–water partition coefficient (Wildman–Crippen LogP) is 5.33. The molecule has 0 unspecified atom stereocenters. The van der Waals surface area contributed by atoms with Crippen LogP contribution < -0.4 is 4.74 Å². The van der Waals surface area contributed by atoms with Crippen LogP contribution in [0.5, 0.6) is 5.75 Å². The van der Waals surface area contributed by atoms with Crippen molar-refractivity contribution >= 4 is 22.9 Å². The van der Waals surface area contributed by atoms with Crippen LogP contribution in [0.15, 0.2) is 65.6 Å². The standard InChI is InChI=1S/C24H36N4OS/c1-8-9-15-28(7)18-20(17-26(3)4)16-24(30-27(5)6)19(2)29-23-12-10-11-22-21(23)13-14-25-22/h10-14,16,18,25H,2,8-9,15,17H2,1,3-7H3/b20-18-,24-16+. The Bertz CT molecular complexity index is 882. The van der Waals surface area contributed by atoms with Gasteiger partial charge in [0.25, 0.3) is 0 Å². The van der Waals surface area contributed by atoms with Gasteiger partial charge >= 0.3 is 0 Å². The van der Waals surface area contributed by atoms with Crippen molar-refractivity contribution in [1.82, 2.24) is 19.1 Å². The molecule has 164 valence electrons. The molecule has 0 aliphatic carbocycles. The van der Waals surface area contributed by atoms with E-state index in [-0.39, 0.29) is 0 Å². The maximum atomic E-state index is 6.24. The van der Waals surface area contributed by atoms with E-state index in [0.29, 0.717) is 5.76 Å². The van der Waals surface area contributed by atoms with Crippen molar-refractivity contribution in [3.8, 4) is 5.75 Å². The van der Waals surface area contributed by atoms with Gasteiger partial charge in [-0.1, -0.05) is 26.0 Å². The van der Waals surface area contributed by atoms with Crippen LogP contribution in [0.4, 0.5) is 0 Å². The first-order valence-electron chi connectivity index (χ1n) is 10.4. The molecule has 2 rings (SSSR count). The molecule has 0 fully saturated rings. The van der Waals surface area contributed by atoms with E-state index in [0.717, 1.165) is 34.6 Å². The van der Waals surface area contributed by atoms with Crippen LogP contribution in [0.1, 0.15) is 19.8 Å². The third-order valence-corrected chi connectivity index (χ3v) is 5.32. The number of H-pyrrole nitrogens is 1. The third-order valence-electron chi connectivity index (χ3n) is 4.41. The van der Waals surface area contributed by atoms with Crippen molar-refractivity contribution in [2.75, 3.05) is 48.3 Å². The molecular weight excluding hydrogens is 392 g/mol. The van der Waals surface area contributed by atoms with E-state index in [4.69, 9.17) is 4.74 Å². The number of hydrogen-bond donors (Lipinski definition) is 1. The Morgan fingerprint density at radius 2 is 1.93 bits per heavy atom. The van der Waals surface area contributed by atoms with Crippen molar-refractivity contribution in [2.24, 2.45) is 0 Å². The Kier molecular flexibility index (Phi) is 9.56. The summed E-state index contributed by atoms with van der Waals surface area (Å²) in [7, 11) is 10.4. The quantitative estimate of drug-likeness (QED) is 0.281. The monoisotopic (exact) mass is 428 g/mol. The summed E-state index contributed by atoms with van der Waals surface area (Å²) in [4.78, 5) is 8.66. The second kappa shape index (κ2) is 11.9. The number of nitrogens with one attached hydrogen (secondary N) is 1. The molecule has 1 heterocycles. The van der Waals surface area contributed by atoms with E-state index in [1.807, 2.05) is 44.6 Å². The highest BCUT2D eigenvalue weighted by Crippen LogP contribution is 2.32. The summed E-state index contributed by atoms with van der Waals surface area (Å²) in [6.07, 6.45) is 8.71. The molecular formula is C24H36N4OS. The van der Waals surface area contributed by atoms with Gasteiger partial charge in [-0.15, -0.1) is 0 Å². The van der Waals surface area contributed by atoms with Crippen LogP contribution in [-0.2, 0) is 0 Å². The van der Waals surface area contributed by atoms with Crippen LogP contribution in [0.2, 0.25) is 0 Å². The maximum absolute atomic E-state index is 6.24. The van der Waals surface area contributed by atoms with Gasteiger partial charge in [0.2, 0.25) is 0 Å². The van der Waals surface area contributed by atoms with E-state index in [2.05, 4.69) is 66.0 Å². The Hall–Kier alpha value is -2.15.